The molecule has 0 spiro atoms. The molecule has 0 bridgehead atoms. The van der Waals surface area contributed by atoms with Crippen LogP contribution in [0.5, 0.6) is 0 Å². The Morgan fingerprint density at radius 1 is 1.00 bits per heavy atom. The highest BCUT2D eigenvalue weighted by Gasteiger charge is 2.38. The third kappa shape index (κ3) is 4.45. The molecule has 0 aliphatic carbocycles. The molecule has 166 valence electrons. The van der Waals surface area contributed by atoms with Gasteiger partial charge in [0.25, 0.3) is 0 Å². The van der Waals surface area contributed by atoms with Crippen molar-refractivity contribution >= 4 is 27.7 Å². The fourth-order valence-corrected chi connectivity index (χ4v) is 6.47. The number of nitrogens with zero attached hydrogens (tertiary/aromatic N) is 3. The van der Waals surface area contributed by atoms with Gasteiger partial charge in [0.1, 0.15) is 0 Å². The number of piperidine rings is 1. The van der Waals surface area contributed by atoms with Crippen molar-refractivity contribution in [3.05, 3.63) is 64.2 Å². The van der Waals surface area contributed by atoms with Gasteiger partial charge in [0.2, 0.25) is 10.0 Å². The Hall–Kier alpha value is -2.09. The number of amides is 2. The zero-order valence-electron chi connectivity index (χ0n) is 17.9. The number of carbonyl (C=O) groups is 1. The van der Waals surface area contributed by atoms with Crippen LogP contribution in [0.4, 0.5) is 4.79 Å². The summed E-state index contributed by atoms with van der Waals surface area (Å²) in [4.78, 5) is 17.0. The first-order valence-corrected chi connectivity index (χ1v) is 12.5. The van der Waals surface area contributed by atoms with Crippen molar-refractivity contribution in [2.75, 3.05) is 26.2 Å². The van der Waals surface area contributed by atoms with Crippen molar-refractivity contribution in [1.29, 1.82) is 0 Å². The Morgan fingerprint density at radius 3 is 2.42 bits per heavy atom. The molecule has 31 heavy (non-hydrogen) atoms. The summed E-state index contributed by atoms with van der Waals surface area (Å²) in [6, 6.07) is 13.3. The highest BCUT2D eigenvalue weighted by Crippen LogP contribution is 2.29. The molecule has 4 rings (SSSR count). The van der Waals surface area contributed by atoms with Crippen LogP contribution in [-0.4, -0.2) is 60.8 Å². The predicted octanol–water partition coefficient (Wildman–Crippen LogP) is 4.05. The molecule has 2 aromatic rings. The number of carbonyl (C=O) groups excluding carboxylic acids is 1. The second-order valence-electron chi connectivity index (χ2n) is 8.38. The molecule has 8 heteroatoms. The number of rotatable bonds is 5. The van der Waals surface area contributed by atoms with Crippen molar-refractivity contribution < 1.29 is 13.2 Å². The summed E-state index contributed by atoms with van der Waals surface area (Å²) in [6.45, 7) is 6.59. The largest absolute Gasteiger partial charge is 0.320 e. The molecule has 2 saturated heterocycles. The van der Waals surface area contributed by atoms with Gasteiger partial charge >= 0.3 is 6.03 Å². The smallest absolute Gasteiger partial charge is 0.320 e. The van der Waals surface area contributed by atoms with E-state index in [9.17, 15) is 13.2 Å². The first kappa shape index (κ1) is 22.1. The van der Waals surface area contributed by atoms with E-state index < -0.39 is 10.0 Å². The lowest BCUT2D eigenvalue weighted by atomic mass is 10.1. The zero-order valence-corrected chi connectivity index (χ0v) is 19.5. The quantitative estimate of drug-likeness (QED) is 0.674. The molecule has 2 aliphatic rings. The van der Waals surface area contributed by atoms with E-state index in [4.69, 9.17) is 11.6 Å². The maximum Gasteiger partial charge on any atom is 0.320 e. The van der Waals surface area contributed by atoms with Gasteiger partial charge in [0.15, 0.2) is 0 Å². The lowest BCUT2D eigenvalue weighted by Crippen LogP contribution is -2.48. The van der Waals surface area contributed by atoms with Crippen LogP contribution < -0.4 is 0 Å². The molecular weight excluding hydrogens is 434 g/mol. The fraction of sp³-hybridized carbons (Fsp3) is 0.435. The number of halogens is 1. The van der Waals surface area contributed by atoms with Gasteiger partial charge in [-0.2, -0.15) is 4.31 Å². The van der Waals surface area contributed by atoms with Crippen molar-refractivity contribution in [1.82, 2.24) is 14.1 Å². The van der Waals surface area contributed by atoms with Gasteiger partial charge < -0.3 is 9.80 Å². The van der Waals surface area contributed by atoms with Crippen molar-refractivity contribution in [2.24, 2.45) is 0 Å². The molecular formula is C23H28ClN3O3S. The first-order valence-electron chi connectivity index (χ1n) is 10.6. The third-order valence-corrected chi connectivity index (χ3v) is 8.74. The van der Waals surface area contributed by atoms with E-state index in [0.29, 0.717) is 56.2 Å². The molecule has 0 aromatic heterocycles. The highest BCUT2D eigenvalue weighted by molar-refractivity contribution is 7.89. The number of sulfonamides is 1. The Balaban J connectivity index is 1.39. The molecule has 0 N–H and O–H groups in total. The molecule has 2 aromatic carbocycles. The van der Waals surface area contributed by atoms with Gasteiger partial charge in [0.05, 0.1) is 4.90 Å². The summed E-state index contributed by atoms with van der Waals surface area (Å²) in [5.41, 5.74) is 2.89. The second-order valence-corrected chi connectivity index (χ2v) is 10.7. The van der Waals surface area contributed by atoms with Crippen LogP contribution in [0.15, 0.2) is 47.4 Å². The van der Waals surface area contributed by atoms with Crippen LogP contribution in [0.1, 0.15) is 29.5 Å². The van der Waals surface area contributed by atoms with Crippen LogP contribution in [0.25, 0.3) is 0 Å². The maximum atomic E-state index is 13.1. The minimum atomic E-state index is -3.60. The molecule has 0 atom stereocenters. The van der Waals surface area contributed by atoms with E-state index in [-0.39, 0.29) is 17.0 Å². The van der Waals surface area contributed by atoms with E-state index >= 15 is 0 Å². The Bertz CT molecular complexity index is 1080. The Labute approximate surface area is 189 Å². The lowest BCUT2D eigenvalue weighted by Gasteiger charge is -2.36. The number of aryl methyl sites for hydroxylation is 1. The van der Waals surface area contributed by atoms with Gasteiger partial charge in [0, 0.05) is 43.8 Å². The summed E-state index contributed by atoms with van der Waals surface area (Å²) < 4.78 is 27.7. The summed E-state index contributed by atoms with van der Waals surface area (Å²) >= 11 is 6.13. The third-order valence-electron chi connectivity index (χ3n) is 6.28. The molecule has 0 radical (unpaired) electrons. The molecule has 6 nitrogen and oxygen atoms in total. The number of hydrogen-bond donors (Lipinski definition) is 0. The SMILES string of the molecule is Cc1cccc(CN2CCN(C3CCN(S(=O)(=O)c4cccc(Cl)c4C)CC3)C2=O)c1. The topological polar surface area (TPSA) is 60.9 Å². The first-order chi connectivity index (χ1) is 14.8. The number of benzene rings is 2. The normalized spacial score (nSPS) is 18.7. The van der Waals surface area contributed by atoms with Gasteiger partial charge in [-0.3, -0.25) is 0 Å². The maximum absolute atomic E-state index is 13.1. The molecule has 2 heterocycles. The molecule has 0 saturated carbocycles. The minimum Gasteiger partial charge on any atom is -0.320 e. The van der Waals surface area contributed by atoms with Crippen molar-refractivity contribution in [2.45, 2.75) is 44.2 Å². The van der Waals surface area contributed by atoms with E-state index in [1.165, 1.54) is 9.87 Å². The van der Waals surface area contributed by atoms with Crippen molar-refractivity contribution in [3.63, 3.8) is 0 Å². The molecule has 2 fully saturated rings. The van der Waals surface area contributed by atoms with E-state index in [0.717, 1.165) is 5.56 Å². The second kappa shape index (κ2) is 8.81. The van der Waals surface area contributed by atoms with Crippen LogP contribution in [0.2, 0.25) is 5.02 Å². The Kier molecular flexibility index (Phi) is 6.28. The molecule has 0 unspecified atom stereocenters. The standard InChI is InChI=1S/C23H28ClN3O3S/c1-17-5-3-6-19(15-17)16-25-13-14-27(23(25)28)20-9-11-26(12-10-20)31(29,30)22-8-4-7-21(24)18(22)2/h3-8,15,20H,9-14,16H2,1-2H3. The summed E-state index contributed by atoms with van der Waals surface area (Å²) in [6.07, 6.45) is 1.28. The van der Waals surface area contributed by atoms with E-state index in [2.05, 4.69) is 6.07 Å². The average Bonchev–Trinajstić information content (AvgIpc) is 3.10. The minimum absolute atomic E-state index is 0.0495. The van der Waals surface area contributed by atoms with Crippen LogP contribution in [0, 0.1) is 13.8 Å². The monoisotopic (exact) mass is 461 g/mol. The van der Waals surface area contributed by atoms with Crippen molar-refractivity contribution in [3.8, 4) is 0 Å². The Morgan fingerprint density at radius 2 is 1.71 bits per heavy atom. The van der Waals surface area contributed by atoms with Gasteiger partial charge in [-0.15, -0.1) is 0 Å². The molecule has 2 amide bonds. The van der Waals surface area contributed by atoms with E-state index in [1.54, 1.807) is 25.1 Å². The van der Waals surface area contributed by atoms with Crippen LogP contribution in [-0.2, 0) is 16.6 Å². The molecule has 2 aliphatic heterocycles. The van der Waals surface area contributed by atoms with Crippen LogP contribution in [0.3, 0.4) is 0 Å². The van der Waals surface area contributed by atoms with Gasteiger partial charge in [-0.25, -0.2) is 13.2 Å². The van der Waals surface area contributed by atoms with Crippen LogP contribution >= 0.6 is 11.6 Å². The summed E-state index contributed by atoms with van der Waals surface area (Å²) in [5.74, 6) is 0. The zero-order chi connectivity index (χ0) is 22.2. The predicted molar refractivity (Wildman–Crippen MR) is 122 cm³/mol. The summed E-state index contributed by atoms with van der Waals surface area (Å²) in [5, 5.41) is 0.451. The lowest BCUT2D eigenvalue weighted by molar-refractivity contribution is 0.153. The number of hydrogen-bond acceptors (Lipinski definition) is 3. The van der Waals surface area contributed by atoms with E-state index in [1.807, 2.05) is 34.9 Å². The average molecular weight is 462 g/mol. The fourth-order valence-electron chi connectivity index (χ4n) is 4.52. The van der Waals surface area contributed by atoms with Gasteiger partial charge in [-0.05, 0) is 49.9 Å². The highest BCUT2D eigenvalue weighted by atomic mass is 35.5. The number of urea groups is 1. The van der Waals surface area contributed by atoms with Gasteiger partial charge in [-0.1, -0.05) is 47.5 Å². The summed E-state index contributed by atoms with van der Waals surface area (Å²) in [7, 11) is -3.60.